The molecule has 168 valence electrons. The largest absolute Gasteiger partial charge is 0.316 e. The van der Waals surface area contributed by atoms with Crippen molar-refractivity contribution in [3.05, 3.63) is 58.6 Å². The van der Waals surface area contributed by atoms with Gasteiger partial charge in [0.15, 0.2) is 0 Å². The highest BCUT2D eigenvalue weighted by Gasteiger charge is 1.93. The SMILES string of the molecule is C#CCN(C)C.CNCc1ccnc(C#CCN(C)C)c1.CNCc1ccnc(Cl)c1. The van der Waals surface area contributed by atoms with Gasteiger partial charge in [-0.25, -0.2) is 9.97 Å². The molecule has 2 aromatic heterocycles. The standard InChI is InChI=1S/C12H17N3.C7H9ClN2.C5H9N/c1-13-10-11-6-7-14-12(9-11)5-4-8-15(2)3;1-9-5-6-2-3-10-7(8)4-6;1-4-5-6(2)3/h6-7,9,13H,8,10H2,1-3H3;2-4,9H,5H2,1H3;1H,5H2,2-3H3. The fourth-order valence-electron chi connectivity index (χ4n) is 2.08. The van der Waals surface area contributed by atoms with E-state index in [0.29, 0.717) is 5.15 Å². The first-order valence-electron chi connectivity index (χ1n) is 9.88. The van der Waals surface area contributed by atoms with E-state index >= 15 is 0 Å². The van der Waals surface area contributed by atoms with E-state index in [1.807, 2.05) is 76.4 Å². The van der Waals surface area contributed by atoms with E-state index in [1.165, 1.54) is 5.56 Å². The zero-order valence-corrected chi connectivity index (χ0v) is 20.3. The number of hydrogen-bond acceptors (Lipinski definition) is 6. The first kappa shape index (κ1) is 28.5. The van der Waals surface area contributed by atoms with Gasteiger partial charge in [-0.05, 0) is 83.6 Å². The number of terminal acetylenes is 1. The Kier molecular flexibility index (Phi) is 16.9. The molecule has 0 radical (unpaired) electrons. The second kappa shape index (κ2) is 18.3. The van der Waals surface area contributed by atoms with Crippen molar-refractivity contribution in [3.8, 4) is 24.2 Å². The van der Waals surface area contributed by atoms with Gasteiger partial charge in [0.05, 0.1) is 13.1 Å². The van der Waals surface area contributed by atoms with Gasteiger partial charge < -0.3 is 10.6 Å². The molecule has 0 fully saturated rings. The Morgan fingerprint density at radius 1 is 0.903 bits per heavy atom. The lowest BCUT2D eigenvalue weighted by Crippen LogP contribution is -2.10. The molecule has 0 spiro atoms. The molecule has 31 heavy (non-hydrogen) atoms. The Bertz CT molecular complexity index is 834. The average Bonchev–Trinajstić information content (AvgIpc) is 2.69. The summed E-state index contributed by atoms with van der Waals surface area (Å²) in [4.78, 5) is 12.0. The van der Waals surface area contributed by atoms with Crippen LogP contribution in [0, 0.1) is 24.2 Å². The van der Waals surface area contributed by atoms with Crippen LogP contribution in [-0.4, -0.2) is 75.1 Å². The van der Waals surface area contributed by atoms with Gasteiger partial charge in [-0.1, -0.05) is 23.4 Å². The lowest BCUT2D eigenvalue weighted by Gasteiger charge is -2.01. The maximum atomic E-state index is 5.64. The molecule has 2 N–H and O–H groups in total. The van der Waals surface area contributed by atoms with Crippen molar-refractivity contribution in [1.82, 2.24) is 30.4 Å². The average molecular weight is 443 g/mol. The summed E-state index contributed by atoms with van der Waals surface area (Å²) in [6.07, 6.45) is 8.44. The number of nitrogens with zero attached hydrogens (tertiary/aromatic N) is 4. The molecule has 7 heteroatoms. The Balaban J connectivity index is 0.000000484. The van der Waals surface area contributed by atoms with Crippen LogP contribution in [0.15, 0.2) is 36.7 Å². The highest BCUT2D eigenvalue weighted by Crippen LogP contribution is 2.05. The molecule has 2 heterocycles. The van der Waals surface area contributed by atoms with Gasteiger partial charge in [-0.3, -0.25) is 9.80 Å². The number of aromatic nitrogens is 2. The summed E-state index contributed by atoms with van der Waals surface area (Å²) in [6.45, 7) is 3.19. The summed E-state index contributed by atoms with van der Waals surface area (Å²) in [5.74, 6) is 8.60. The molecule has 2 aromatic rings. The molecule has 0 aromatic carbocycles. The van der Waals surface area contributed by atoms with Gasteiger partial charge in [0.1, 0.15) is 10.8 Å². The van der Waals surface area contributed by atoms with Gasteiger partial charge in [0.2, 0.25) is 0 Å². The number of pyridine rings is 2. The van der Waals surface area contributed by atoms with Crippen LogP contribution in [-0.2, 0) is 13.1 Å². The van der Waals surface area contributed by atoms with Crippen molar-refractivity contribution in [2.24, 2.45) is 0 Å². The van der Waals surface area contributed by atoms with Crippen molar-refractivity contribution in [3.63, 3.8) is 0 Å². The molecular formula is C24H35ClN6. The van der Waals surface area contributed by atoms with E-state index < -0.39 is 0 Å². The first-order chi connectivity index (χ1) is 14.8. The minimum Gasteiger partial charge on any atom is -0.316 e. The van der Waals surface area contributed by atoms with Crippen LogP contribution in [0.2, 0.25) is 5.15 Å². The summed E-state index contributed by atoms with van der Waals surface area (Å²) in [6, 6.07) is 7.78. The third-order valence-corrected chi connectivity index (χ3v) is 3.60. The number of nitrogens with one attached hydrogen (secondary N) is 2. The van der Waals surface area contributed by atoms with E-state index in [9.17, 15) is 0 Å². The lowest BCUT2D eigenvalue weighted by atomic mass is 10.2. The molecule has 0 atom stereocenters. The van der Waals surface area contributed by atoms with E-state index in [-0.39, 0.29) is 0 Å². The maximum absolute atomic E-state index is 5.64. The van der Waals surface area contributed by atoms with Crippen molar-refractivity contribution < 1.29 is 0 Å². The molecule has 0 aliphatic heterocycles. The summed E-state index contributed by atoms with van der Waals surface area (Å²) in [5.41, 5.74) is 3.20. The summed E-state index contributed by atoms with van der Waals surface area (Å²) in [5, 5.41) is 6.67. The lowest BCUT2D eigenvalue weighted by molar-refractivity contribution is 0.464. The second-order valence-corrected chi connectivity index (χ2v) is 7.47. The zero-order chi connectivity index (χ0) is 23.5. The Morgan fingerprint density at radius 2 is 1.45 bits per heavy atom. The molecule has 0 aliphatic carbocycles. The molecule has 0 saturated heterocycles. The minimum atomic E-state index is 0.549. The predicted octanol–water partition coefficient (Wildman–Crippen LogP) is 2.35. The van der Waals surface area contributed by atoms with Crippen molar-refractivity contribution in [2.45, 2.75) is 13.1 Å². The smallest absolute Gasteiger partial charge is 0.129 e. The summed E-state index contributed by atoms with van der Waals surface area (Å²) < 4.78 is 0. The zero-order valence-electron chi connectivity index (χ0n) is 19.5. The van der Waals surface area contributed by atoms with Crippen LogP contribution < -0.4 is 10.6 Å². The molecule has 0 amide bonds. The summed E-state index contributed by atoms with van der Waals surface area (Å²) >= 11 is 5.64. The third-order valence-electron chi connectivity index (χ3n) is 3.40. The Labute approximate surface area is 193 Å². The monoisotopic (exact) mass is 442 g/mol. The highest BCUT2D eigenvalue weighted by molar-refractivity contribution is 6.29. The van der Waals surface area contributed by atoms with Crippen molar-refractivity contribution in [1.29, 1.82) is 0 Å². The third kappa shape index (κ3) is 17.0. The normalized spacial score (nSPS) is 9.55. The molecule has 2 rings (SSSR count). The van der Waals surface area contributed by atoms with Crippen LogP contribution in [0.4, 0.5) is 0 Å². The molecule has 0 saturated carbocycles. The highest BCUT2D eigenvalue weighted by atomic mass is 35.5. The number of hydrogen-bond donors (Lipinski definition) is 2. The van der Waals surface area contributed by atoms with E-state index in [2.05, 4.69) is 38.4 Å². The Hall–Kier alpha value is -2.45. The van der Waals surface area contributed by atoms with Crippen molar-refractivity contribution in [2.75, 3.05) is 55.4 Å². The van der Waals surface area contributed by atoms with Crippen LogP contribution in [0.25, 0.3) is 0 Å². The van der Waals surface area contributed by atoms with Gasteiger partial charge in [0, 0.05) is 25.5 Å². The van der Waals surface area contributed by atoms with Gasteiger partial charge >= 0.3 is 0 Å². The van der Waals surface area contributed by atoms with Crippen molar-refractivity contribution >= 4 is 11.6 Å². The van der Waals surface area contributed by atoms with Gasteiger partial charge in [-0.2, -0.15) is 0 Å². The van der Waals surface area contributed by atoms with Gasteiger partial charge in [0.25, 0.3) is 0 Å². The maximum Gasteiger partial charge on any atom is 0.129 e. The minimum absolute atomic E-state index is 0.549. The van der Waals surface area contributed by atoms with E-state index in [1.54, 1.807) is 12.4 Å². The molecular weight excluding hydrogens is 408 g/mol. The van der Waals surface area contributed by atoms with Crippen LogP contribution >= 0.6 is 11.6 Å². The predicted molar refractivity (Wildman–Crippen MR) is 132 cm³/mol. The molecule has 0 bridgehead atoms. The first-order valence-corrected chi connectivity index (χ1v) is 10.3. The van der Waals surface area contributed by atoms with E-state index in [4.69, 9.17) is 18.0 Å². The number of rotatable bonds is 6. The van der Waals surface area contributed by atoms with Crippen LogP contribution in [0.1, 0.15) is 16.8 Å². The van der Waals surface area contributed by atoms with Crippen LogP contribution in [0.3, 0.4) is 0 Å². The number of halogens is 1. The van der Waals surface area contributed by atoms with Gasteiger partial charge in [-0.15, -0.1) is 6.42 Å². The van der Waals surface area contributed by atoms with Crippen LogP contribution in [0.5, 0.6) is 0 Å². The fourth-order valence-corrected chi connectivity index (χ4v) is 2.28. The Morgan fingerprint density at radius 3 is 1.90 bits per heavy atom. The molecule has 0 aliphatic rings. The topological polar surface area (TPSA) is 56.3 Å². The fraction of sp³-hybridized carbons (Fsp3) is 0.417. The summed E-state index contributed by atoms with van der Waals surface area (Å²) in [7, 11) is 11.7. The van der Waals surface area contributed by atoms with E-state index in [0.717, 1.165) is 37.4 Å². The second-order valence-electron chi connectivity index (χ2n) is 7.08. The molecule has 6 nitrogen and oxygen atoms in total. The quantitative estimate of drug-likeness (QED) is 0.529. The molecule has 0 unspecified atom stereocenters.